The molecule has 49 heavy (non-hydrogen) atoms. The van der Waals surface area contributed by atoms with Crippen LogP contribution in [-0.2, 0) is 10.9 Å². The van der Waals surface area contributed by atoms with Gasteiger partial charge in [0.25, 0.3) is 0 Å². The van der Waals surface area contributed by atoms with Crippen molar-refractivity contribution in [3.63, 3.8) is 0 Å². The predicted octanol–water partition coefficient (Wildman–Crippen LogP) is 15.3. The molecule has 3 aliphatic rings. The number of fused-ring (bicyclic) bond motifs is 2. The molecule has 0 atom stereocenters. The summed E-state index contributed by atoms with van der Waals surface area (Å²) in [6.07, 6.45) is 36.0. The summed E-state index contributed by atoms with van der Waals surface area (Å²) in [5.74, 6) is 3.30. The van der Waals surface area contributed by atoms with Gasteiger partial charge >= 0.3 is 8.60 Å². The Morgan fingerprint density at radius 2 is 0.918 bits per heavy atom. The van der Waals surface area contributed by atoms with E-state index >= 15 is 0 Å². The summed E-state index contributed by atoms with van der Waals surface area (Å²) in [5.41, 5.74) is 8.16. The Morgan fingerprint density at radius 3 is 1.33 bits per heavy atom. The van der Waals surface area contributed by atoms with Crippen LogP contribution in [0.15, 0.2) is 24.3 Å². The maximum atomic E-state index is 6.96. The van der Waals surface area contributed by atoms with E-state index in [1.165, 1.54) is 194 Å². The zero-order valence-electron chi connectivity index (χ0n) is 31.9. The van der Waals surface area contributed by atoms with Crippen LogP contribution in [0.2, 0.25) is 0 Å². The predicted molar refractivity (Wildman–Crippen MR) is 210 cm³/mol. The molecule has 0 unspecified atom stereocenters. The zero-order valence-corrected chi connectivity index (χ0v) is 32.8. The van der Waals surface area contributed by atoms with E-state index in [1.54, 1.807) is 0 Å². The normalized spacial score (nSPS) is 17.5. The summed E-state index contributed by atoms with van der Waals surface area (Å²) in [4.78, 5) is 0. The Morgan fingerprint density at radius 1 is 0.531 bits per heavy atom. The Kier molecular flexibility index (Phi) is 17.1. The lowest BCUT2D eigenvalue weighted by atomic mass is 9.80. The second-order valence-corrected chi connectivity index (χ2v) is 17.1. The molecule has 5 rings (SSSR count). The fourth-order valence-corrected chi connectivity index (χ4v) is 10.1. The van der Waals surface area contributed by atoms with Gasteiger partial charge in [-0.05, 0) is 80.0 Å². The van der Waals surface area contributed by atoms with Gasteiger partial charge in [-0.25, -0.2) is 0 Å². The van der Waals surface area contributed by atoms with Crippen molar-refractivity contribution in [2.45, 2.75) is 206 Å². The van der Waals surface area contributed by atoms with Crippen molar-refractivity contribution in [1.82, 2.24) is 0 Å². The smallest absolute Gasteiger partial charge is 0.417 e. The summed E-state index contributed by atoms with van der Waals surface area (Å²) in [6, 6.07) is 9.57. The zero-order chi connectivity index (χ0) is 34.1. The van der Waals surface area contributed by atoms with E-state index < -0.39 is 8.60 Å². The van der Waals surface area contributed by atoms with Crippen LogP contribution in [0.25, 0.3) is 0 Å². The number of hydrogen-bond donors (Lipinski definition) is 0. The quantitative estimate of drug-likeness (QED) is 0.102. The summed E-state index contributed by atoms with van der Waals surface area (Å²) in [7, 11) is -1.53. The first-order valence-corrected chi connectivity index (χ1v) is 22.3. The van der Waals surface area contributed by atoms with Crippen molar-refractivity contribution in [2.24, 2.45) is 0 Å². The lowest BCUT2D eigenvalue weighted by Gasteiger charge is -2.32. The maximum Gasteiger partial charge on any atom is 0.463 e. The molecular weight excluding hydrogens is 619 g/mol. The highest BCUT2D eigenvalue weighted by atomic mass is 31.2. The van der Waals surface area contributed by atoms with E-state index in [0.29, 0.717) is 18.4 Å². The number of rotatable bonds is 20. The first-order chi connectivity index (χ1) is 24.1. The molecule has 0 bridgehead atoms. The van der Waals surface area contributed by atoms with Gasteiger partial charge in [-0.3, -0.25) is 4.52 Å². The molecule has 2 saturated carbocycles. The summed E-state index contributed by atoms with van der Waals surface area (Å²) in [6.45, 7) is 7.55. The fourth-order valence-electron chi connectivity index (χ4n) is 8.89. The average Bonchev–Trinajstić information content (AvgIpc) is 3.11. The van der Waals surface area contributed by atoms with Gasteiger partial charge in [0.05, 0.1) is 6.61 Å². The van der Waals surface area contributed by atoms with Crippen molar-refractivity contribution < 1.29 is 13.6 Å². The minimum atomic E-state index is -1.53. The molecule has 274 valence electrons. The molecule has 0 radical (unpaired) electrons. The van der Waals surface area contributed by atoms with E-state index in [1.807, 2.05) is 0 Å². The monoisotopic (exact) mass is 691 g/mol. The lowest BCUT2D eigenvalue weighted by Crippen LogP contribution is -2.15. The van der Waals surface area contributed by atoms with Crippen molar-refractivity contribution in [3.8, 4) is 11.5 Å². The number of unbranched alkanes of at least 4 members (excludes halogenated alkanes) is 15. The van der Waals surface area contributed by atoms with Gasteiger partial charge in [-0.2, -0.15) is 0 Å². The van der Waals surface area contributed by atoms with E-state index in [2.05, 4.69) is 45.0 Å². The molecule has 0 aromatic heterocycles. The lowest BCUT2D eigenvalue weighted by molar-refractivity contribution is 0.253. The van der Waals surface area contributed by atoms with Gasteiger partial charge in [0.15, 0.2) is 0 Å². The van der Waals surface area contributed by atoms with Gasteiger partial charge in [-0.15, -0.1) is 0 Å². The summed E-state index contributed by atoms with van der Waals surface area (Å²) < 4.78 is 20.5. The maximum absolute atomic E-state index is 6.96. The van der Waals surface area contributed by atoms with Crippen LogP contribution >= 0.6 is 8.60 Å². The van der Waals surface area contributed by atoms with Crippen LogP contribution < -0.4 is 9.05 Å². The molecule has 0 spiro atoms. The molecule has 0 saturated heterocycles. The van der Waals surface area contributed by atoms with Crippen LogP contribution in [0.4, 0.5) is 0 Å². The van der Waals surface area contributed by atoms with E-state index in [-0.39, 0.29) is 0 Å². The second kappa shape index (κ2) is 21.7. The van der Waals surface area contributed by atoms with E-state index in [4.69, 9.17) is 13.6 Å². The molecule has 2 aliphatic carbocycles. The van der Waals surface area contributed by atoms with Gasteiger partial charge in [0.2, 0.25) is 0 Å². The molecule has 3 nitrogen and oxygen atoms in total. The highest BCUT2D eigenvalue weighted by Crippen LogP contribution is 2.53. The molecule has 2 aromatic rings. The van der Waals surface area contributed by atoms with Crippen LogP contribution in [0, 0.1) is 13.8 Å². The first kappa shape index (κ1) is 38.7. The third-order valence-corrected chi connectivity index (χ3v) is 12.7. The molecule has 1 heterocycles. The minimum Gasteiger partial charge on any atom is -0.417 e. The van der Waals surface area contributed by atoms with E-state index in [9.17, 15) is 0 Å². The van der Waals surface area contributed by atoms with Gasteiger partial charge < -0.3 is 9.05 Å². The molecule has 0 amide bonds. The van der Waals surface area contributed by atoms with Gasteiger partial charge in [-0.1, -0.05) is 177 Å². The molecule has 2 fully saturated rings. The standard InChI is InChI=1S/C45H71O3P/c1-4-5-6-7-8-9-10-11-12-13-14-15-16-17-18-25-30-46-49-47-44-40(31-36(2)33-42(44)38-26-21-19-22-27-38)35-41-32-37(3)34-43(45(41)48-49)39-28-23-20-24-29-39/h31-34,38-39H,4-30,35H2,1-3H3. The Hall–Kier alpha value is -1.57. The largest absolute Gasteiger partial charge is 0.463 e. The van der Waals surface area contributed by atoms with Gasteiger partial charge in [0.1, 0.15) is 11.5 Å². The number of hydrogen-bond acceptors (Lipinski definition) is 3. The van der Waals surface area contributed by atoms with Crippen molar-refractivity contribution >= 4 is 8.60 Å². The molecule has 0 N–H and O–H groups in total. The number of aryl methyl sites for hydroxylation is 2. The third-order valence-electron chi connectivity index (χ3n) is 11.7. The van der Waals surface area contributed by atoms with Crippen molar-refractivity contribution in [3.05, 3.63) is 57.6 Å². The van der Waals surface area contributed by atoms with Gasteiger partial charge in [0, 0.05) is 6.42 Å². The average molecular weight is 691 g/mol. The van der Waals surface area contributed by atoms with Crippen LogP contribution in [0.1, 0.15) is 219 Å². The first-order valence-electron chi connectivity index (χ1n) is 21.2. The topological polar surface area (TPSA) is 27.7 Å². The Labute approximate surface area is 303 Å². The highest BCUT2D eigenvalue weighted by Gasteiger charge is 2.32. The van der Waals surface area contributed by atoms with Crippen molar-refractivity contribution in [2.75, 3.05) is 6.61 Å². The third kappa shape index (κ3) is 12.6. The molecular formula is C45H71O3P. The van der Waals surface area contributed by atoms with Crippen molar-refractivity contribution in [1.29, 1.82) is 0 Å². The van der Waals surface area contributed by atoms with E-state index in [0.717, 1.165) is 24.3 Å². The molecule has 1 aliphatic heterocycles. The minimum absolute atomic E-state index is 0.578. The Bertz CT molecular complexity index is 1150. The van der Waals surface area contributed by atoms with Crippen LogP contribution in [0.3, 0.4) is 0 Å². The second-order valence-electron chi connectivity index (χ2n) is 16.1. The van der Waals surface area contributed by atoms with Crippen LogP contribution in [-0.4, -0.2) is 6.61 Å². The molecule has 2 aromatic carbocycles. The van der Waals surface area contributed by atoms with Crippen LogP contribution in [0.5, 0.6) is 11.5 Å². The fraction of sp³-hybridized carbons (Fsp3) is 0.733. The highest BCUT2D eigenvalue weighted by molar-refractivity contribution is 7.42. The Balaban J connectivity index is 1.14. The SMILES string of the molecule is CCCCCCCCCCCCCCCCCCOP1Oc2c(cc(C)cc2C2CCCCC2)Cc2cc(C)cc(C3CCCCC3)c2O1. The summed E-state index contributed by atoms with van der Waals surface area (Å²) >= 11 is 0. The molecule has 4 heteroatoms. The number of benzene rings is 2. The summed E-state index contributed by atoms with van der Waals surface area (Å²) in [5, 5.41) is 0.